The zero-order valence-corrected chi connectivity index (χ0v) is 18.6. The molecule has 3 heterocycles. The first-order valence-corrected chi connectivity index (χ1v) is 10.9. The average molecular weight is 463 g/mol. The van der Waals surface area contributed by atoms with Gasteiger partial charge in [-0.3, -0.25) is 4.79 Å². The highest BCUT2D eigenvalue weighted by atomic mass is 19.1. The van der Waals surface area contributed by atoms with E-state index in [-0.39, 0.29) is 11.5 Å². The Morgan fingerprint density at radius 3 is 2.49 bits per heavy atom. The van der Waals surface area contributed by atoms with Crippen LogP contribution in [0.3, 0.4) is 0 Å². The lowest BCUT2D eigenvalue weighted by molar-refractivity contribution is 0.101. The molecule has 0 saturated carbocycles. The van der Waals surface area contributed by atoms with Crippen LogP contribution in [0.15, 0.2) is 95.5 Å². The Kier molecular flexibility index (Phi) is 4.88. The van der Waals surface area contributed by atoms with E-state index >= 15 is 0 Å². The maximum absolute atomic E-state index is 13.4. The van der Waals surface area contributed by atoms with Crippen LogP contribution in [-0.4, -0.2) is 27.5 Å². The van der Waals surface area contributed by atoms with E-state index in [2.05, 4.69) is 5.10 Å². The van der Waals surface area contributed by atoms with Gasteiger partial charge in [-0.1, -0.05) is 18.2 Å². The van der Waals surface area contributed by atoms with Crippen molar-refractivity contribution in [3.8, 4) is 28.3 Å². The van der Waals surface area contributed by atoms with Crippen molar-refractivity contribution >= 4 is 22.4 Å². The Balaban J connectivity index is 1.48. The number of hydrogen-bond acceptors (Lipinski definition) is 5. The number of fused-ring (bicyclic) bond motifs is 2. The van der Waals surface area contributed by atoms with Gasteiger partial charge in [-0.25, -0.2) is 13.9 Å². The van der Waals surface area contributed by atoms with Crippen molar-refractivity contribution in [2.75, 3.05) is 7.11 Å². The number of furan rings is 1. The summed E-state index contributed by atoms with van der Waals surface area (Å²) in [5.41, 5.74) is 4.38. The molecule has 6 rings (SSSR count). The predicted molar refractivity (Wildman–Crippen MR) is 130 cm³/mol. The molecule has 0 N–H and O–H groups in total. The van der Waals surface area contributed by atoms with Gasteiger partial charge in [-0.15, -0.1) is 0 Å². The number of aromatic nitrogens is 3. The van der Waals surface area contributed by atoms with Crippen LogP contribution >= 0.6 is 0 Å². The van der Waals surface area contributed by atoms with Gasteiger partial charge in [0.1, 0.15) is 17.1 Å². The Labute approximate surface area is 199 Å². The normalized spacial score (nSPS) is 11.3. The van der Waals surface area contributed by atoms with Gasteiger partial charge in [-0.05, 0) is 60.7 Å². The maximum atomic E-state index is 13.4. The first kappa shape index (κ1) is 20.8. The summed E-state index contributed by atoms with van der Waals surface area (Å²) in [7, 11) is 1.63. The second-order valence-electron chi connectivity index (χ2n) is 8.01. The summed E-state index contributed by atoms with van der Waals surface area (Å²) in [6.45, 7) is 0. The van der Waals surface area contributed by atoms with Crippen molar-refractivity contribution in [3.05, 3.63) is 108 Å². The van der Waals surface area contributed by atoms with E-state index in [1.54, 1.807) is 30.0 Å². The lowest BCUT2D eigenvalue weighted by Crippen LogP contribution is -2.02. The highest BCUT2D eigenvalue weighted by Gasteiger charge is 2.24. The van der Waals surface area contributed by atoms with Crippen molar-refractivity contribution in [1.29, 1.82) is 0 Å². The minimum absolute atomic E-state index is 0.157. The number of ether oxygens (including phenoxy) is 1. The molecule has 0 aliphatic heterocycles. The summed E-state index contributed by atoms with van der Waals surface area (Å²) >= 11 is 0. The van der Waals surface area contributed by atoms with E-state index in [0.717, 1.165) is 22.4 Å². The number of nitrogens with zero attached hydrogens (tertiary/aromatic N) is 3. The van der Waals surface area contributed by atoms with Crippen LogP contribution in [0.2, 0.25) is 0 Å². The van der Waals surface area contributed by atoms with Crippen LogP contribution in [0.4, 0.5) is 4.39 Å². The number of carbonyl (C=O) groups is 1. The number of hydrogen-bond donors (Lipinski definition) is 0. The molecule has 0 bridgehead atoms. The number of benzene rings is 3. The Bertz CT molecular complexity index is 1700. The third kappa shape index (κ3) is 3.63. The fraction of sp³-hybridized carbons (Fsp3) is 0.0357. The molecule has 0 amide bonds. The number of rotatable bonds is 5. The average Bonchev–Trinajstić information content (AvgIpc) is 3.50. The van der Waals surface area contributed by atoms with Gasteiger partial charge in [0.05, 0.1) is 24.1 Å². The summed E-state index contributed by atoms with van der Waals surface area (Å²) in [5.74, 6) is 0.171. The standard InChI is InChI=1S/C28H18FN3O3/c1-34-20-12-8-17(9-13-20)23-16-25-30-22(14-15-32(25)31-23)26-21-4-2-3-5-24(21)35-28(26)27(33)18-6-10-19(29)11-7-18/h2-16H,1H3. The topological polar surface area (TPSA) is 69.6 Å². The predicted octanol–water partition coefficient (Wildman–Crippen LogP) is 6.19. The van der Waals surface area contributed by atoms with E-state index in [1.165, 1.54) is 24.3 Å². The van der Waals surface area contributed by atoms with Gasteiger partial charge >= 0.3 is 0 Å². The second kappa shape index (κ2) is 8.22. The first-order valence-electron chi connectivity index (χ1n) is 10.9. The van der Waals surface area contributed by atoms with Crippen LogP contribution in [-0.2, 0) is 0 Å². The maximum Gasteiger partial charge on any atom is 0.228 e. The summed E-state index contributed by atoms with van der Waals surface area (Å²) < 4.78 is 26.3. The van der Waals surface area contributed by atoms with E-state index in [9.17, 15) is 9.18 Å². The minimum atomic E-state index is -0.410. The largest absolute Gasteiger partial charge is 0.497 e. The lowest BCUT2D eigenvalue weighted by atomic mass is 10.0. The van der Waals surface area contributed by atoms with Crippen molar-refractivity contribution in [1.82, 2.24) is 14.6 Å². The molecular weight excluding hydrogens is 445 g/mol. The fourth-order valence-corrected chi connectivity index (χ4v) is 4.11. The molecule has 0 spiro atoms. The van der Waals surface area contributed by atoms with Gasteiger partial charge in [0.15, 0.2) is 11.4 Å². The summed E-state index contributed by atoms with van der Waals surface area (Å²) in [6, 6.07) is 24.1. The van der Waals surface area contributed by atoms with E-state index < -0.39 is 5.82 Å². The van der Waals surface area contributed by atoms with Crippen LogP contribution < -0.4 is 4.74 Å². The fourth-order valence-electron chi connectivity index (χ4n) is 4.11. The zero-order valence-electron chi connectivity index (χ0n) is 18.6. The molecule has 0 saturated heterocycles. The molecule has 3 aromatic carbocycles. The highest BCUT2D eigenvalue weighted by Crippen LogP contribution is 2.35. The second-order valence-corrected chi connectivity index (χ2v) is 8.01. The van der Waals surface area contributed by atoms with E-state index in [4.69, 9.17) is 14.1 Å². The van der Waals surface area contributed by atoms with E-state index in [1.807, 2.05) is 48.5 Å². The number of halogens is 1. The Morgan fingerprint density at radius 2 is 1.71 bits per heavy atom. The van der Waals surface area contributed by atoms with Crippen LogP contribution in [0.1, 0.15) is 16.1 Å². The Hall–Kier alpha value is -4.78. The van der Waals surface area contributed by atoms with Crippen LogP contribution in [0.5, 0.6) is 5.75 Å². The molecule has 7 heteroatoms. The van der Waals surface area contributed by atoms with Gasteiger partial charge in [0.2, 0.25) is 5.78 Å². The third-order valence-corrected chi connectivity index (χ3v) is 5.87. The van der Waals surface area contributed by atoms with Crippen molar-refractivity contribution < 1.29 is 18.3 Å². The summed E-state index contributed by atoms with van der Waals surface area (Å²) in [4.78, 5) is 18.2. The molecule has 0 aliphatic carbocycles. The third-order valence-electron chi connectivity index (χ3n) is 5.87. The molecular formula is C28H18FN3O3. The molecule has 6 aromatic rings. The van der Waals surface area contributed by atoms with Crippen molar-refractivity contribution in [2.24, 2.45) is 0 Å². The molecule has 0 aliphatic rings. The SMILES string of the molecule is COc1ccc(-c2cc3nc(-c4c(C(=O)c5ccc(F)cc5)oc5ccccc45)ccn3n2)cc1. The van der Waals surface area contributed by atoms with Crippen LogP contribution in [0.25, 0.3) is 39.1 Å². The smallest absolute Gasteiger partial charge is 0.228 e. The first-order chi connectivity index (χ1) is 17.1. The van der Waals surface area contributed by atoms with Gasteiger partial charge in [-0.2, -0.15) is 5.10 Å². The Morgan fingerprint density at radius 1 is 0.943 bits per heavy atom. The van der Waals surface area contributed by atoms with Crippen molar-refractivity contribution in [2.45, 2.75) is 0 Å². The molecule has 0 unspecified atom stereocenters. The minimum Gasteiger partial charge on any atom is -0.497 e. The molecule has 35 heavy (non-hydrogen) atoms. The molecule has 0 radical (unpaired) electrons. The zero-order chi connectivity index (χ0) is 23.9. The number of ketones is 1. The van der Waals surface area contributed by atoms with Crippen LogP contribution in [0, 0.1) is 5.82 Å². The van der Waals surface area contributed by atoms with Crippen molar-refractivity contribution in [3.63, 3.8) is 0 Å². The number of carbonyl (C=O) groups excluding carboxylic acids is 1. The molecule has 0 atom stereocenters. The van der Waals surface area contributed by atoms with Gasteiger partial charge in [0, 0.05) is 28.8 Å². The number of methoxy groups -OCH3 is 1. The summed E-state index contributed by atoms with van der Waals surface area (Å²) in [6.07, 6.45) is 1.80. The summed E-state index contributed by atoms with van der Waals surface area (Å²) in [5, 5.41) is 5.39. The molecule has 170 valence electrons. The lowest BCUT2D eigenvalue weighted by Gasteiger charge is -2.04. The molecule has 0 fully saturated rings. The van der Waals surface area contributed by atoms with Gasteiger partial charge in [0.25, 0.3) is 0 Å². The highest BCUT2D eigenvalue weighted by molar-refractivity contribution is 6.15. The molecule has 3 aromatic heterocycles. The monoisotopic (exact) mass is 463 g/mol. The van der Waals surface area contributed by atoms with E-state index in [0.29, 0.717) is 28.1 Å². The quantitative estimate of drug-likeness (QED) is 0.285. The number of para-hydroxylation sites is 1. The molecule has 6 nitrogen and oxygen atoms in total. The van der Waals surface area contributed by atoms with Gasteiger partial charge < -0.3 is 9.15 Å².